The van der Waals surface area contributed by atoms with E-state index in [2.05, 4.69) is 5.32 Å². The highest BCUT2D eigenvalue weighted by Crippen LogP contribution is 2.33. The molecule has 2 fully saturated rings. The van der Waals surface area contributed by atoms with E-state index in [1.54, 1.807) is 4.90 Å². The average molecular weight is 298 g/mol. The van der Waals surface area contributed by atoms with Crippen LogP contribution in [0.25, 0.3) is 0 Å². The lowest BCUT2D eigenvalue weighted by molar-refractivity contribution is -0.143. The SMILES string of the molecule is CC(O)(CNC(=O)C1CCCN1C(=O)C1CC1)CC(=O)O. The summed E-state index contributed by atoms with van der Waals surface area (Å²) in [5, 5.41) is 21.1. The van der Waals surface area contributed by atoms with Crippen molar-refractivity contribution in [3.05, 3.63) is 0 Å². The zero-order chi connectivity index (χ0) is 15.6. The lowest BCUT2D eigenvalue weighted by atomic mass is 10.0. The molecular formula is C14H22N2O5. The van der Waals surface area contributed by atoms with Crippen molar-refractivity contribution < 1.29 is 24.6 Å². The zero-order valence-corrected chi connectivity index (χ0v) is 12.2. The molecule has 3 N–H and O–H groups in total. The molecule has 21 heavy (non-hydrogen) atoms. The molecule has 1 aliphatic carbocycles. The molecule has 2 amide bonds. The highest BCUT2D eigenvalue weighted by molar-refractivity contribution is 5.90. The number of likely N-dealkylation sites (tertiary alicyclic amines) is 1. The number of aliphatic hydroxyl groups is 1. The number of amides is 2. The minimum absolute atomic E-state index is 0.0462. The lowest BCUT2D eigenvalue weighted by Gasteiger charge is -2.26. The molecule has 1 aliphatic heterocycles. The van der Waals surface area contributed by atoms with E-state index in [4.69, 9.17) is 5.11 Å². The molecule has 2 atom stereocenters. The quantitative estimate of drug-likeness (QED) is 0.626. The monoisotopic (exact) mass is 298 g/mol. The van der Waals surface area contributed by atoms with Crippen LogP contribution in [0.5, 0.6) is 0 Å². The third-order valence-corrected chi connectivity index (χ3v) is 3.94. The van der Waals surface area contributed by atoms with E-state index in [9.17, 15) is 19.5 Å². The maximum Gasteiger partial charge on any atom is 0.306 e. The Labute approximate surface area is 123 Å². The summed E-state index contributed by atoms with van der Waals surface area (Å²) in [5.41, 5.74) is -1.49. The Balaban J connectivity index is 1.87. The van der Waals surface area contributed by atoms with E-state index in [1.807, 2.05) is 0 Å². The van der Waals surface area contributed by atoms with Crippen molar-refractivity contribution in [2.75, 3.05) is 13.1 Å². The smallest absolute Gasteiger partial charge is 0.306 e. The molecule has 7 heteroatoms. The second-order valence-corrected chi connectivity index (χ2v) is 6.25. The summed E-state index contributed by atoms with van der Waals surface area (Å²) in [4.78, 5) is 36.5. The van der Waals surface area contributed by atoms with Gasteiger partial charge in [0.05, 0.1) is 12.0 Å². The summed E-state index contributed by atoms with van der Waals surface area (Å²) in [6.07, 6.45) is 2.77. The van der Waals surface area contributed by atoms with Crippen LogP contribution >= 0.6 is 0 Å². The summed E-state index contributed by atoms with van der Waals surface area (Å²) >= 11 is 0. The first-order valence-corrected chi connectivity index (χ1v) is 7.32. The molecule has 118 valence electrons. The predicted octanol–water partition coefficient (Wildman–Crippen LogP) is -0.271. The highest BCUT2D eigenvalue weighted by Gasteiger charge is 2.41. The molecule has 0 spiro atoms. The third-order valence-electron chi connectivity index (χ3n) is 3.94. The average Bonchev–Trinajstić information content (AvgIpc) is 3.11. The zero-order valence-electron chi connectivity index (χ0n) is 12.2. The van der Waals surface area contributed by atoms with Crippen molar-refractivity contribution in [3.63, 3.8) is 0 Å². The largest absolute Gasteiger partial charge is 0.481 e. The van der Waals surface area contributed by atoms with Crippen LogP contribution in [0.1, 0.15) is 39.0 Å². The Morgan fingerprint density at radius 1 is 1.29 bits per heavy atom. The van der Waals surface area contributed by atoms with Gasteiger partial charge in [-0.05, 0) is 32.6 Å². The summed E-state index contributed by atoms with van der Waals surface area (Å²) in [7, 11) is 0. The van der Waals surface area contributed by atoms with Gasteiger partial charge < -0.3 is 20.4 Å². The van der Waals surface area contributed by atoms with Gasteiger partial charge in [-0.15, -0.1) is 0 Å². The van der Waals surface area contributed by atoms with E-state index in [1.165, 1.54) is 6.92 Å². The van der Waals surface area contributed by atoms with Crippen molar-refractivity contribution in [2.45, 2.75) is 50.7 Å². The van der Waals surface area contributed by atoms with E-state index < -0.39 is 24.0 Å². The Kier molecular flexibility index (Phi) is 4.51. The number of carbonyl (C=O) groups is 3. The molecule has 2 aliphatic rings. The van der Waals surface area contributed by atoms with Crippen LogP contribution in [0, 0.1) is 5.92 Å². The summed E-state index contributed by atoms with van der Waals surface area (Å²) < 4.78 is 0. The number of carboxylic acids is 1. The van der Waals surface area contributed by atoms with Crippen molar-refractivity contribution in [1.29, 1.82) is 0 Å². The van der Waals surface area contributed by atoms with Gasteiger partial charge >= 0.3 is 5.97 Å². The van der Waals surface area contributed by atoms with Gasteiger partial charge in [-0.3, -0.25) is 14.4 Å². The minimum atomic E-state index is -1.49. The summed E-state index contributed by atoms with van der Waals surface area (Å²) in [6.45, 7) is 1.82. The van der Waals surface area contributed by atoms with E-state index in [-0.39, 0.29) is 24.3 Å². The number of hydrogen-bond acceptors (Lipinski definition) is 4. The first-order chi connectivity index (χ1) is 9.80. The molecule has 0 aromatic rings. The van der Waals surface area contributed by atoms with Gasteiger partial charge in [0.1, 0.15) is 6.04 Å². The van der Waals surface area contributed by atoms with Crippen LogP contribution in [0.15, 0.2) is 0 Å². The number of aliphatic carboxylic acids is 1. The number of carboxylic acid groups (broad SMARTS) is 1. The van der Waals surface area contributed by atoms with E-state index in [0.29, 0.717) is 13.0 Å². The molecule has 0 aromatic carbocycles. The van der Waals surface area contributed by atoms with Gasteiger partial charge in [0.15, 0.2) is 0 Å². The summed E-state index contributed by atoms with van der Waals surface area (Å²) in [5.74, 6) is -1.31. The lowest BCUT2D eigenvalue weighted by Crippen LogP contribution is -2.50. The van der Waals surface area contributed by atoms with Crippen LogP contribution in [0.4, 0.5) is 0 Å². The summed E-state index contributed by atoms with van der Waals surface area (Å²) in [6, 6.07) is -0.487. The fourth-order valence-corrected chi connectivity index (χ4v) is 2.65. The van der Waals surface area contributed by atoms with Gasteiger partial charge in [0.2, 0.25) is 11.8 Å². The first-order valence-electron chi connectivity index (χ1n) is 7.32. The highest BCUT2D eigenvalue weighted by atomic mass is 16.4. The molecule has 7 nitrogen and oxygen atoms in total. The molecule has 0 radical (unpaired) electrons. The topological polar surface area (TPSA) is 107 Å². The fraction of sp³-hybridized carbons (Fsp3) is 0.786. The maximum absolute atomic E-state index is 12.2. The molecule has 1 saturated heterocycles. The van der Waals surface area contributed by atoms with Crippen molar-refractivity contribution in [1.82, 2.24) is 10.2 Å². The fourth-order valence-electron chi connectivity index (χ4n) is 2.65. The van der Waals surface area contributed by atoms with Gasteiger partial charge in [0.25, 0.3) is 0 Å². The standard InChI is InChI=1S/C14H22N2O5/c1-14(21,7-11(17)18)8-15-12(19)10-3-2-6-16(10)13(20)9-4-5-9/h9-10,21H,2-8H2,1H3,(H,15,19)(H,17,18). The number of nitrogens with zero attached hydrogens (tertiary/aromatic N) is 1. The predicted molar refractivity (Wildman–Crippen MR) is 73.3 cm³/mol. The van der Waals surface area contributed by atoms with Crippen LogP contribution in [-0.2, 0) is 14.4 Å². The van der Waals surface area contributed by atoms with Crippen LogP contribution in [-0.4, -0.2) is 57.6 Å². The second kappa shape index (κ2) is 6.01. The molecule has 1 saturated carbocycles. The van der Waals surface area contributed by atoms with Crippen molar-refractivity contribution in [3.8, 4) is 0 Å². The van der Waals surface area contributed by atoms with Gasteiger partial charge in [-0.25, -0.2) is 0 Å². The van der Waals surface area contributed by atoms with Crippen LogP contribution in [0.2, 0.25) is 0 Å². The number of carbonyl (C=O) groups excluding carboxylic acids is 2. The normalized spacial score (nSPS) is 24.5. The molecule has 2 unspecified atom stereocenters. The van der Waals surface area contributed by atoms with Gasteiger partial charge in [-0.2, -0.15) is 0 Å². The second-order valence-electron chi connectivity index (χ2n) is 6.25. The third kappa shape index (κ3) is 4.17. The molecule has 2 rings (SSSR count). The Morgan fingerprint density at radius 3 is 2.52 bits per heavy atom. The molecule has 0 bridgehead atoms. The Morgan fingerprint density at radius 2 is 1.95 bits per heavy atom. The molecule has 0 aromatic heterocycles. The molecule has 1 heterocycles. The number of rotatable bonds is 6. The van der Waals surface area contributed by atoms with Gasteiger partial charge in [-0.1, -0.05) is 0 Å². The van der Waals surface area contributed by atoms with E-state index >= 15 is 0 Å². The molecular weight excluding hydrogens is 276 g/mol. The van der Waals surface area contributed by atoms with Crippen molar-refractivity contribution in [2.24, 2.45) is 5.92 Å². The van der Waals surface area contributed by atoms with Gasteiger partial charge in [0, 0.05) is 19.0 Å². The van der Waals surface area contributed by atoms with Crippen LogP contribution < -0.4 is 5.32 Å². The Hall–Kier alpha value is -1.63. The number of hydrogen-bond donors (Lipinski definition) is 3. The van der Waals surface area contributed by atoms with E-state index in [0.717, 1.165) is 19.3 Å². The maximum atomic E-state index is 12.2. The Bertz CT molecular complexity index is 445. The minimum Gasteiger partial charge on any atom is -0.481 e. The van der Waals surface area contributed by atoms with Crippen LogP contribution in [0.3, 0.4) is 0 Å². The number of nitrogens with one attached hydrogen (secondary N) is 1. The first kappa shape index (κ1) is 15.8. The van der Waals surface area contributed by atoms with Crippen molar-refractivity contribution >= 4 is 17.8 Å².